The van der Waals surface area contributed by atoms with Gasteiger partial charge in [0.05, 0.1) is 45.3 Å². The lowest BCUT2D eigenvalue weighted by Crippen LogP contribution is -2.13. The number of aromatic nitrogens is 2. The molecule has 0 bridgehead atoms. The molecule has 9 heteroatoms. The highest BCUT2D eigenvalue weighted by Crippen LogP contribution is 2.39. The fourth-order valence-electron chi connectivity index (χ4n) is 2.84. The number of hydrogen-bond donors (Lipinski definition) is 1. The van der Waals surface area contributed by atoms with Crippen molar-refractivity contribution in [3.8, 4) is 17.2 Å². The number of benzene rings is 2. The van der Waals surface area contributed by atoms with E-state index < -0.39 is 11.7 Å². The van der Waals surface area contributed by atoms with Crippen LogP contribution >= 0.6 is 11.6 Å². The Balaban J connectivity index is 1.81. The molecule has 2 aromatic carbocycles. The van der Waals surface area contributed by atoms with E-state index in [2.05, 4.69) is 10.4 Å². The zero-order valence-electron chi connectivity index (χ0n) is 16.0. The van der Waals surface area contributed by atoms with E-state index in [0.29, 0.717) is 27.8 Å². The van der Waals surface area contributed by atoms with Crippen LogP contribution in [0.2, 0.25) is 5.02 Å². The third-order valence-corrected chi connectivity index (χ3v) is 4.58. The minimum Gasteiger partial charge on any atom is -0.493 e. The molecule has 0 saturated carbocycles. The van der Waals surface area contributed by atoms with Crippen LogP contribution < -0.4 is 19.5 Å². The van der Waals surface area contributed by atoms with Gasteiger partial charge in [-0.25, -0.2) is 4.39 Å². The number of hydrogen-bond acceptors (Lipinski definition) is 5. The molecule has 1 aromatic heterocycles. The lowest BCUT2D eigenvalue weighted by Gasteiger charge is -2.15. The summed E-state index contributed by atoms with van der Waals surface area (Å²) in [4.78, 5) is 12.7. The van der Waals surface area contributed by atoms with Crippen LogP contribution in [0.4, 0.5) is 10.1 Å². The van der Waals surface area contributed by atoms with E-state index in [-0.39, 0.29) is 17.9 Å². The Hall–Kier alpha value is -3.26. The lowest BCUT2D eigenvalue weighted by molar-refractivity contribution is 0.102. The predicted molar refractivity (Wildman–Crippen MR) is 107 cm³/mol. The summed E-state index contributed by atoms with van der Waals surface area (Å²) >= 11 is 6.05. The predicted octanol–water partition coefficient (Wildman–Crippen LogP) is 4.00. The number of rotatable bonds is 7. The Morgan fingerprint density at radius 3 is 2.55 bits per heavy atom. The van der Waals surface area contributed by atoms with E-state index in [4.69, 9.17) is 25.8 Å². The number of amides is 1. The van der Waals surface area contributed by atoms with Crippen molar-refractivity contribution in [3.63, 3.8) is 0 Å². The molecule has 0 aliphatic rings. The third kappa shape index (κ3) is 4.27. The molecule has 7 nitrogen and oxygen atoms in total. The maximum absolute atomic E-state index is 14.0. The van der Waals surface area contributed by atoms with Crippen molar-refractivity contribution < 1.29 is 23.4 Å². The molecule has 3 rings (SSSR count). The molecule has 1 N–H and O–H groups in total. The molecule has 0 fully saturated rings. The summed E-state index contributed by atoms with van der Waals surface area (Å²) in [5.41, 5.74) is 1.01. The summed E-state index contributed by atoms with van der Waals surface area (Å²) in [6.45, 7) is 0.126. The Morgan fingerprint density at radius 2 is 1.90 bits per heavy atom. The molecule has 0 radical (unpaired) electrons. The van der Waals surface area contributed by atoms with E-state index in [0.717, 1.165) is 0 Å². The quantitative estimate of drug-likeness (QED) is 0.626. The lowest BCUT2D eigenvalue weighted by atomic mass is 10.1. The first-order valence-corrected chi connectivity index (χ1v) is 8.92. The number of nitrogens with one attached hydrogen (secondary N) is 1. The molecular formula is C20H19ClFN3O4. The maximum atomic E-state index is 14.0. The highest BCUT2D eigenvalue weighted by molar-refractivity contribution is 6.31. The minimum absolute atomic E-state index is 0.126. The van der Waals surface area contributed by atoms with Gasteiger partial charge in [-0.3, -0.25) is 9.48 Å². The number of methoxy groups -OCH3 is 3. The van der Waals surface area contributed by atoms with Crippen molar-refractivity contribution in [1.82, 2.24) is 9.78 Å². The van der Waals surface area contributed by atoms with Gasteiger partial charge < -0.3 is 19.5 Å². The summed E-state index contributed by atoms with van der Waals surface area (Å²) in [5.74, 6) is 0.151. The highest BCUT2D eigenvalue weighted by Gasteiger charge is 2.21. The van der Waals surface area contributed by atoms with E-state index in [9.17, 15) is 9.18 Å². The molecule has 152 valence electrons. The molecule has 3 aromatic rings. The second kappa shape index (κ2) is 8.83. The van der Waals surface area contributed by atoms with Crippen molar-refractivity contribution >= 4 is 23.2 Å². The van der Waals surface area contributed by atoms with Crippen LogP contribution in [-0.4, -0.2) is 37.0 Å². The molecule has 1 amide bonds. The van der Waals surface area contributed by atoms with Crippen molar-refractivity contribution in [2.45, 2.75) is 6.54 Å². The van der Waals surface area contributed by atoms with Crippen molar-refractivity contribution in [2.75, 3.05) is 26.6 Å². The van der Waals surface area contributed by atoms with E-state index >= 15 is 0 Å². The summed E-state index contributed by atoms with van der Waals surface area (Å²) in [6, 6.07) is 7.65. The standard InChI is InChI=1S/C20H19ClFN3O4/c1-27-17-8-7-13(18(28-2)19(17)29-3)20(26)24-12-9-23-25(10-12)11-14-15(21)5-4-6-16(14)22/h4-10H,11H2,1-3H3,(H,24,26). The van der Waals surface area contributed by atoms with Crippen LogP contribution in [-0.2, 0) is 6.54 Å². The summed E-state index contributed by atoms with van der Waals surface area (Å²) in [7, 11) is 4.39. The largest absolute Gasteiger partial charge is 0.493 e. The summed E-state index contributed by atoms with van der Waals surface area (Å²) in [6.07, 6.45) is 3.04. The van der Waals surface area contributed by atoms with Gasteiger partial charge in [0.15, 0.2) is 11.5 Å². The second-order valence-electron chi connectivity index (χ2n) is 5.96. The SMILES string of the molecule is COc1ccc(C(=O)Nc2cnn(Cc3c(F)cccc3Cl)c2)c(OC)c1OC. The number of nitrogens with zero attached hydrogens (tertiary/aromatic N) is 2. The smallest absolute Gasteiger partial charge is 0.259 e. The molecular weight excluding hydrogens is 401 g/mol. The van der Waals surface area contributed by atoms with Crippen LogP contribution in [0.3, 0.4) is 0 Å². The van der Waals surface area contributed by atoms with Crippen LogP contribution in [0.5, 0.6) is 17.2 Å². The molecule has 29 heavy (non-hydrogen) atoms. The van der Waals surface area contributed by atoms with Gasteiger partial charge in [0.1, 0.15) is 5.82 Å². The molecule has 0 aliphatic heterocycles. The van der Waals surface area contributed by atoms with Crippen molar-refractivity contribution in [3.05, 3.63) is 64.7 Å². The van der Waals surface area contributed by atoms with E-state index in [1.165, 1.54) is 44.3 Å². The van der Waals surface area contributed by atoms with Gasteiger partial charge in [-0.1, -0.05) is 17.7 Å². The Bertz CT molecular complexity index is 1020. The fourth-order valence-corrected chi connectivity index (χ4v) is 3.06. The first-order valence-electron chi connectivity index (χ1n) is 8.54. The fraction of sp³-hybridized carbons (Fsp3) is 0.200. The third-order valence-electron chi connectivity index (χ3n) is 4.22. The van der Waals surface area contributed by atoms with Gasteiger partial charge in [0, 0.05) is 16.8 Å². The van der Waals surface area contributed by atoms with Crippen molar-refractivity contribution in [1.29, 1.82) is 0 Å². The van der Waals surface area contributed by atoms with Gasteiger partial charge in [-0.05, 0) is 24.3 Å². The number of anilines is 1. The summed E-state index contributed by atoms with van der Waals surface area (Å²) < 4.78 is 31.3. The van der Waals surface area contributed by atoms with Crippen molar-refractivity contribution in [2.24, 2.45) is 0 Å². The topological polar surface area (TPSA) is 74.6 Å². The van der Waals surface area contributed by atoms with Gasteiger partial charge in [-0.2, -0.15) is 5.10 Å². The average molecular weight is 420 g/mol. The number of carbonyl (C=O) groups is 1. The second-order valence-corrected chi connectivity index (χ2v) is 6.37. The first-order chi connectivity index (χ1) is 14.0. The van der Waals surface area contributed by atoms with E-state index in [1.54, 1.807) is 24.4 Å². The average Bonchev–Trinajstić information content (AvgIpc) is 3.16. The van der Waals surface area contributed by atoms with Gasteiger partial charge in [0.2, 0.25) is 5.75 Å². The van der Waals surface area contributed by atoms with Crippen LogP contribution in [0, 0.1) is 5.82 Å². The van der Waals surface area contributed by atoms with Crippen LogP contribution in [0.1, 0.15) is 15.9 Å². The molecule has 0 spiro atoms. The molecule has 0 atom stereocenters. The van der Waals surface area contributed by atoms with Crippen LogP contribution in [0.15, 0.2) is 42.7 Å². The van der Waals surface area contributed by atoms with Gasteiger partial charge >= 0.3 is 0 Å². The Morgan fingerprint density at radius 1 is 1.14 bits per heavy atom. The highest BCUT2D eigenvalue weighted by atomic mass is 35.5. The van der Waals surface area contributed by atoms with Gasteiger partial charge in [0.25, 0.3) is 5.91 Å². The van der Waals surface area contributed by atoms with Gasteiger partial charge in [-0.15, -0.1) is 0 Å². The first kappa shape index (κ1) is 20.5. The monoisotopic (exact) mass is 419 g/mol. The number of halogens is 2. The number of ether oxygens (including phenoxy) is 3. The minimum atomic E-state index is -0.425. The van der Waals surface area contributed by atoms with E-state index in [1.807, 2.05) is 0 Å². The normalized spacial score (nSPS) is 10.5. The summed E-state index contributed by atoms with van der Waals surface area (Å²) in [5, 5.41) is 7.18. The van der Waals surface area contributed by atoms with Crippen LogP contribution in [0.25, 0.3) is 0 Å². The Kier molecular flexibility index (Phi) is 6.23. The molecule has 1 heterocycles. The molecule has 0 saturated heterocycles. The molecule has 0 unspecified atom stereocenters. The number of carbonyl (C=O) groups excluding carboxylic acids is 1. The zero-order chi connectivity index (χ0) is 21.0. The maximum Gasteiger partial charge on any atom is 0.259 e. The molecule has 0 aliphatic carbocycles. The Labute approximate surface area is 171 Å². The zero-order valence-corrected chi connectivity index (χ0v) is 16.8.